The predicted octanol–water partition coefficient (Wildman–Crippen LogP) is 2.75. The Hall–Kier alpha value is -2.54. The third kappa shape index (κ3) is 2.62. The van der Waals surface area contributed by atoms with Gasteiger partial charge in [-0.15, -0.1) is 11.3 Å². The molecule has 2 aromatic heterocycles. The summed E-state index contributed by atoms with van der Waals surface area (Å²) in [7, 11) is 0. The van der Waals surface area contributed by atoms with E-state index in [0.29, 0.717) is 23.3 Å². The van der Waals surface area contributed by atoms with E-state index in [4.69, 9.17) is 4.52 Å². The maximum absolute atomic E-state index is 11.9. The summed E-state index contributed by atoms with van der Waals surface area (Å²) in [5.41, 5.74) is 3.14. The van der Waals surface area contributed by atoms with Crippen LogP contribution in [-0.4, -0.2) is 27.1 Å². The molecule has 1 aliphatic rings. The molecule has 6 nitrogen and oxygen atoms in total. The van der Waals surface area contributed by atoms with E-state index in [0.717, 1.165) is 23.3 Å². The molecule has 0 saturated heterocycles. The molecule has 1 N–H and O–H groups in total. The quantitative estimate of drug-likeness (QED) is 0.801. The van der Waals surface area contributed by atoms with Crippen LogP contribution in [0.3, 0.4) is 0 Å². The van der Waals surface area contributed by atoms with E-state index in [9.17, 15) is 4.79 Å². The van der Waals surface area contributed by atoms with Gasteiger partial charge in [-0.2, -0.15) is 4.98 Å². The van der Waals surface area contributed by atoms with Crippen LogP contribution in [0.2, 0.25) is 0 Å². The molecule has 1 amide bonds. The van der Waals surface area contributed by atoms with Gasteiger partial charge in [0.1, 0.15) is 0 Å². The van der Waals surface area contributed by atoms with Crippen LogP contribution in [0.1, 0.15) is 23.2 Å². The Bertz CT molecular complexity index is 791. The third-order valence-corrected chi connectivity index (χ3v) is 4.15. The van der Waals surface area contributed by atoms with Crippen LogP contribution in [0.4, 0.5) is 0 Å². The summed E-state index contributed by atoms with van der Waals surface area (Å²) in [5.74, 6) is 0.913. The van der Waals surface area contributed by atoms with Crippen LogP contribution in [0, 0.1) is 0 Å². The monoisotopic (exact) mass is 312 g/mol. The lowest BCUT2D eigenvalue weighted by molar-refractivity contribution is 0.0951. The van der Waals surface area contributed by atoms with E-state index in [2.05, 4.69) is 20.4 Å². The molecule has 3 aromatic rings. The van der Waals surface area contributed by atoms with Crippen molar-refractivity contribution in [1.82, 2.24) is 20.4 Å². The van der Waals surface area contributed by atoms with Crippen molar-refractivity contribution in [3.05, 3.63) is 41.5 Å². The van der Waals surface area contributed by atoms with Crippen LogP contribution >= 0.6 is 11.3 Å². The molecular formula is C15H12N4O2S. The zero-order chi connectivity index (χ0) is 14.9. The van der Waals surface area contributed by atoms with Crippen molar-refractivity contribution in [2.24, 2.45) is 0 Å². The minimum atomic E-state index is -0.0371. The summed E-state index contributed by atoms with van der Waals surface area (Å²) in [5, 5.41) is 6.90. The molecule has 0 atom stereocenters. The van der Waals surface area contributed by atoms with Gasteiger partial charge in [-0.1, -0.05) is 5.16 Å². The lowest BCUT2D eigenvalue weighted by Crippen LogP contribution is -2.25. The van der Waals surface area contributed by atoms with Crippen molar-refractivity contribution in [3.63, 3.8) is 0 Å². The van der Waals surface area contributed by atoms with Gasteiger partial charge < -0.3 is 9.84 Å². The van der Waals surface area contributed by atoms with Gasteiger partial charge in [0.05, 0.1) is 10.4 Å². The molecule has 22 heavy (non-hydrogen) atoms. The third-order valence-electron chi connectivity index (χ3n) is 3.39. The minimum Gasteiger partial charge on any atom is -0.349 e. The standard InChI is InChI=1S/C15H12N4O2S/c20-14(17-11-5-6-11)9-1-3-10(4-2-9)15-18-13(19-21-15)12-7-16-8-22-12/h1-4,7-8,11H,5-6H2,(H,17,20). The number of benzene rings is 1. The van der Waals surface area contributed by atoms with Crippen LogP contribution in [0.25, 0.3) is 22.2 Å². The summed E-state index contributed by atoms with van der Waals surface area (Å²) in [6.07, 6.45) is 3.85. The first-order valence-electron chi connectivity index (χ1n) is 6.93. The van der Waals surface area contributed by atoms with Crippen molar-refractivity contribution in [1.29, 1.82) is 0 Å². The van der Waals surface area contributed by atoms with Crippen molar-refractivity contribution >= 4 is 17.2 Å². The molecular weight excluding hydrogens is 300 g/mol. The highest BCUT2D eigenvalue weighted by molar-refractivity contribution is 7.13. The second kappa shape index (κ2) is 5.34. The summed E-state index contributed by atoms with van der Waals surface area (Å²) in [6.45, 7) is 0. The second-order valence-corrected chi connectivity index (χ2v) is 6.00. The van der Waals surface area contributed by atoms with E-state index < -0.39 is 0 Å². The minimum absolute atomic E-state index is 0.0371. The lowest BCUT2D eigenvalue weighted by Gasteiger charge is -2.03. The molecule has 1 aromatic carbocycles. The van der Waals surface area contributed by atoms with Gasteiger partial charge in [0, 0.05) is 23.4 Å². The summed E-state index contributed by atoms with van der Waals surface area (Å²) >= 11 is 1.45. The van der Waals surface area contributed by atoms with Gasteiger partial charge in [0.2, 0.25) is 5.82 Å². The molecule has 7 heteroatoms. The Morgan fingerprint density at radius 3 is 2.77 bits per heavy atom. The highest BCUT2D eigenvalue weighted by Crippen LogP contribution is 2.25. The highest BCUT2D eigenvalue weighted by Gasteiger charge is 2.23. The topological polar surface area (TPSA) is 80.9 Å². The van der Waals surface area contributed by atoms with Crippen molar-refractivity contribution in [3.8, 4) is 22.2 Å². The highest BCUT2D eigenvalue weighted by atomic mass is 32.1. The number of aromatic nitrogens is 3. The Morgan fingerprint density at radius 2 is 2.09 bits per heavy atom. The molecule has 4 rings (SSSR count). The number of carbonyl (C=O) groups is 1. The first kappa shape index (κ1) is 13.1. The number of amides is 1. The van der Waals surface area contributed by atoms with E-state index in [1.165, 1.54) is 11.3 Å². The molecule has 0 radical (unpaired) electrons. The van der Waals surface area contributed by atoms with Crippen LogP contribution in [0.5, 0.6) is 0 Å². The largest absolute Gasteiger partial charge is 0.349 e. The van der Waals surface area contributed by atoms with Gasteiger partial charge in [-0.05, 0) is 37.1 Å². The van der Waals surface area contributed by atoms with Crippen molar-refractivity contribution in [2.45, 2.75) is 18.9 Å². The Morgan fingerprint density at radius 1 is 1.27 bits per heavy atom. The van der Waals surface area contributed by atoms with E-state index in [1.807, 2.05) is 12.1 Å². The first-order valence-corrected chi connectivity index (χ1v) is 7.81. The number of rotatable bonds is 4. The average Bonchev–Trinajstić information content (AvgIpc) is 3.05. The summed E-state index contributed by atoms with van der Waals surface area (Å²) in [6, 6.07) is 7.51. The van der Waals surface area contributed by atoms with E-state index >= 15 is 0 Å². The number of nitrogens with one attached hydrogen (secondary N) is 1. The maximum atomic E-state index is 11.9. The molecule has 1 fully saturated rings. The molecule has 110 valence electrons. The molecule has 0 unspecified atom stereocenters. The Kier molecular flexibility index (Phi) is 3.19. The molecule has 0 bridgehead atoms. The normalized spacial score (nSPS) is 14.0. The first-order chi connectivity index (χ1) is 10.8. The predicted molar refractivity (Wildman–Crippen MR) is 81.3 cm³/mol. The number of carbonyl (C=O) groups excluding carboxylic acids is 1. The van der Waals surface area contributed by atoms with Crippen molar-refractivity contribution in [2.75, 3.05) is 0 Å². The average molecular weight is 312 g/mol. The SMILES string of the molecule is O=C(NC1CC1)c1ccc(-c2nc(-c3cncs3)no2)cc1. The fraction of sp³-hybridized carbons (Fsp3) is 0.200. The van der Waals surface area contributed by atoms with Gasteiger partial charge in [0.15, 0.2) is 0 Å². The fourth-order valence-corrected chi connectivity index (χ4v) is 2.57. The molecule has 1 aliphatic carbocycles. The van der Waals surface area contributed by atoms with Crippen LogP contribution in [0.15, 0.2) is 40.5 Å². The zero-order valence-corrected chi connectivity index (χ0v) is 12.3. The van der Waals surface area contributed by atoms with Crippen LogP contribution in [-0.2, 0) is 0 Å². The number of hydrogen-bond donors (Lipinski definition) is 1. The second-order valence-electron chi connectivity index (χ2n) is 5.11. The van der Waals surface area contributed by atoms with Crippen molar-refractivity contribution < 1.29 is 9.32 Å². The van der Waals surface area contributed by atoms with Crippen LogP contribution < -0.4 is 5.32 Å². The zero-order valence-electron chi connectivity index (χ0n) is 11.5. The van der Waals surface area contributed by atoms with Gasteiger partial charge >= 0.3 is 0 Å². The number of thiazole rings is 1. The Labute approximate surface area is 130 Å². The van der Waals surface area contributed by atoms with Gasteiger partial charge in [-0.3, -0.25) is 9.78 Å². The molecule has 0 aliphatic heterocycles. The Balaban J connectivity index is 1.54. The summed E-state index contributed by atoms with van der Waals surface area (Å²) < 4.78 is 5.27. The number of nitrogens with zero attached hydrogens (tertiary/aromatic N) is 3. The summed E-state index contributed by atoms with van der Waals surface area (Å²) in [4.78, 5) is 21.1. The molecule has 2 heterocycles. The van der Waals surface area contributed by atoms with E-state index in [1.54, 1.807) is 23.8 Å². The molecule has 1 saturated carbocycles. The smallest absolute Gasteiger partial charge is 0.258 e. The van der Waals surface area contributed by atoms with Gasteiger partial charge in [-0.25, -0.2) is 0 Å². The molecule has 0 spiro atoms. The lowest BCUT2D eigenvalue weighted by atomic mass is 10.1. The van der Waals surface area contributed by atoms with Gasteiger partial charge in [0.25, 0.3) is 11.8 Å². The van der Waals surface area contributed by atoms with E-state index in [-0.39, 0.29) is 5.91 Å². The maximum Gasteiger partial charge on any atom is 0.258 e. The number of hydrogen-bond acceptors (Lipinski definition) is 6. The fourth-order valence-electron chi connectivity index (χ4n) is 2.03.